The summed E-state index contributed by atoms with van der Waals surface area (Å²) in [5.74, 6) is 0.729. The van der Waals surface area contributed by atoms with Crippen LogP contribution in [0.1, 0.15) is 61.7 Å². The fourth-order valence-corrected chi connectivity index (χ4v) is 4.30. The van der Waals surface area contributed by atoms with Gasteiger partial charge >= 0.3 is 0 Å². The standard InChI is InChI=1S/C22H30N6OS/c1-7-19(21-15(4)26-27(6)16(21)5)24-20(29)12-30-22-25-23-13-28(22)18-10-8-17(9-11-18)14(2)3/h8-11,13-14,19H,7,12H2,1-6H3,(H,24,29). The quantitative estimate of drug-likeness (QED) is 0.549. The van der Waals surface area contributed by atoms with E-state index in [0.29, 0.717) is 11.1 Å². The zero-order chi connectivity index (χ0) is 21.8. The first-order chi connectivity index (χ1) is 14.3. The summed E-state index contributed by atoms with van der Waals surface area (Å²) in [4.78, 5) is 12.7. The van der Waals surface area contributed by atoms with Gasteiger partial charge in [0.05, 0.1) is 17.5 Å². The molecule has 8 heteroatoms. The number of rotatable bonds is 8. The lowest BCUT2D eigenvalue weighted by Gasteiger charge is -2.18. The number of thioether (sulfide) groups is 1. The van der Waals surface area contributed by atoms with Crippen LogP contribution in [0.5, 0.6) is 0 Å². The molecule has 0 bridgehead atoms. The summed E-state index contributed by atoms with van der Waals surface area (Å²) in [5.41, 5.74) is 5.41. The predicted molar refractivity (Wildman–Crippen MR) is 120 cm³/mol. The molecule has 0 aliphatic heterocycles. The Balaban J connectivity index is 1.66. The molecular weight excluding hydrogens is 396 g/mol. The van der Waals surface area contributed by atoms with Gasteiger partial charge in [0.25, 0.3) is 0 Å². The van der Waals surface area contributed by atoms with Crippen LogP contribution < -0.4 is 5.32 Å². The molecule has 2 aromatic heterocycles. The van der Waals surface area contributed by atoms with Gasteiger partial charge in [-0.15, -0.1) is 10.2 Å². The normalized spacial score (nSPS) is 12.4. The molecule has 160 valence electrons. The number of hydrogen-bond donors (Lipinski definition) is 1. The highest BCUT2D eigenvalue weighted by molar-refractivity contribution is 7.99. The summed E-state index contributed by atoms with van der Waals surface area (Å²) in [6.07, 6.45) is 2.49. The predicted octanol–water partition coefficient (Wildman–Crippen LogP) is 4.10. The summed E-state index contributed by atoms with van der Waals surface area (Å²) in [7, 11) is 1.93. The van der Waals surface area contributed by atoms with Gasteiger partial charge in [0.2, 0.25) is 5.91 Å². The summed E-state index contributed by atoms with van der Waals surface area (Å²) in [6, 6.07) is 8.30. The molecule has 0 saturated carbocycles. The van der Waals surface area contributed by atoms with E-state index in [1.165, 1.54) is 17.3 Å². The van der Waals surface area contributed by atoms with Crippen LogP contribution in [0.25, 0.3) is 5.69 Å². The number of nitrogens with one attached hydrogen (secondary N) is 1. The zero-order valence-corrected chi connectivity index (χ0v) is 19.3. The van der Waals surface area contributed by atoms with E-state index in [1.807, 2.05) is 30.1 Å². The average Bonchev–Trinajstić information content (AvgIpc) is 3.29. The van der Waals surface area contributed by atoms with Crippen molar-refractivity contribution in [1.82, 2.24) is 29.9 Å². The Labute approximate surface area is 182 Å². The van der Waals surface area contributed by atoms with Crippen LogP contribution in [0, 0.1) is 13.8 Å². The number of carbonyl (C=O) groups is 1. The molecule has 0 aliphatic carbocycles. The van der Waals surface area contributed by atoms with Crippen LogP contribution in [0.3, 0.4) is 0 Å². The lowest BCUT2D eigenvalue weighted by molar-refractivity contribution is -0.119. The van der Waals surface area contributed by atoms with E-state index in [4.69, 9.17) is 0 Å². The molecule has 1 N–H and O–H groups in total. The lowest BCUT2D eigenvalue weighted by Crippen LogP contribution is -2.30. The molecule has 1 unspecified atom stereocenters. The maximum Gasteiger partial charge on any atom is 0.230 e. The Morgan fingerprint density at radius 1 is 1.20 bits per heavy atom. The van der Waals surface area contributed by atoms with Crippen molar-refractivity contribution in [3.8, 4) is 5.69 Å². The third-order valence-electron chi connectivity index (χ3n) is 5.34. The Bertz CT molecular complexity index is 1010. The second-order valence-corrected chi connectivity index (χ2v) is 8.70. The van der Waals surface area contributed by atoms with Crippen molar-refractivity contribution in [2.45, 2.75) is 58.2 Å². The molecule has 7 nitrogen and oxygen atoms in total. The molecule has 2 heterocycles. The van der Waals surface area contributed by atoms with Gasteiger partial charge in [-0.3, -0.25) is 14.0 Å². The molecule has 0 saturated heterocycles. The average molecular weight is 427 g/mol. The van der Waals surface area contributed by atoms with Crippen molar-refractivity contribution in [1.29, 1.82) is 0 Å². The highest BCUT2D eigenvalue weighted by Gasteiger charge is 2.21. The summed E-state index contributed by atoms with van der Waals surface area (Å²) in [6.45, 7) is 10.4. The van der Waals surface area contributed by atoms with Crippen LogP contribution in [-0.4, -0.2) is 36.2 Å². The number of benzene rings is 1. The molecule has 3 aromatic rings. The van der Waals surface area contributed by atoms with E-state index in [2.05, 4.69) is 65.6 Å². The Hall–Kier alpha value is -2.61. The van der Waals surface area contributed by atoms with Crippen molar-refractivity contribution in [3.63, 3.8) is 0 Å². The topological polar surface area (TPSA) is 77.6 Å². The molecule has 1 amide bonds. The second-order valence-electron chi connectivity index (χ2n) is 7.75. The smallest absolute Gasteiger partial charge is 0.230 e. The van der Waals surface area contributed by atoms with Crippen LogP contribution in [-0.2, 0) is 11.8 Å². The van der Waals surface area contributed by atoms with Gasteiger partial charge in [-0.2, -0.15) is 5.10 Å². The molecule has 1 aromatic carbocycles. The third kappa shape index (κ3) is 4.75. The molecule has 0 radical (unpaired) electrons. The minimum absolute atomic E-state index is 0.0285. The van der Waals surface area contributed by atoms with E-state index in [-0.39, 0.29) is 17.7 Å². The Morgan fingerprint density at radius 3 is 2.47 bits per heavy atom. The lowest BCUT2D eigenvalue weighted by atomic mass is 10.0. The fourth-order valence-electron chi connectivity index (χ4n) is 3.56. The van der Waals surface area contributed by atoms with Gasteiger partial charge in [-0.05, 0) is 43.9 Å². The molecule has 0 fully saturated rings. The van der Waals surface area contributed by atoms with Crippen molar-refractivity contribution >= 4 is 17.7 Å². The van der Waals surface area contributed by atoms with Crippen molar-refractivity contribution < 1.29 is 4.79 Å². The number of aryl methyl sites for hydroxylation is 2. The minimum atomic E-state index is -0.0479. The maximum absolute atomic E-state index is 12.7. The number of carbonyl (C=O) groups excluding carboxylic acids is 1. The van der Waals surface area contributed by atoms with Gasteiger partial charge in [0.15, 0.2) is 5.16 Å². The Kier molecular flexibility index (Phi) is 6.97. The SMILES string of the molecule is CCC(NC(=O)CSc1nncn1-c1ccc(C(C)C)cc1)c1c(C)nn(C)c1C. The van der Waals surface area contributed by atoms with Crippen molar-refractivity contribution in [3.05, 3.63) is 53.1 Å². The molecule has 1 atom stereocenters. The van der Waals surface area contributed by atoms with Gasteiger partial charge in [0, 0.05) is 24.0 Å². The van der Waals surface area contributed by atoms with E-state index in [0.717, 1.165) is 29.1 Å². The largest absolute Gasteiger partial charge is 0.348 e. The first-order valence-corrected chi connectivity index (χ1v) is 11.2. The molecule has 0 spiro atoms. The number of amides is 1. The number of nitrogens with zero attached hydrogens (tertiary/aromatic N) is 5. The van der Waals surface area contributed by atoms with Gasteiger partial charge in [0.1, 0.15) is 6.33 Å². The van der Waals surface area contributed by atoms with Crippen molar-refractivity contribution in [2.75, 3.05) is 5.75 Å². The van der Waals surface area contributed by atoms with E-state index >= 15 is 0 Å². The van der Waals surface area contributed by atoms with E-state index < -0.39 is 0 Å². The van der Waals surface area contributed by atoms with E-state index in [9.17, 15) is 4.79 Å². The van der Waals surface area contributed by atoms with Crippen LogP contribution in [0.15, 0.2) is 35.7 Å². The van der Waals surface area contributed by atoms with Gasteiger partial charge < -0.3 is 5.32 Å². The highest BCUT2D eigenvalue weighted by Crippen LogP contribution is 2.25. The molecule has 0 aliphatic rings. The van der Waals surface area contributed by atoms with E-state index in [1.54, 1.807) is 6.33 Å². The summed E-state index contributed by atoms with van der Waals surface area (Å²) in [5, 5.41) is 16.5. The second kappa shape index (κ2) is 9.47. The van der Waals surface area contributed by atoms with Crippen LogP contribution in [0.2, 0.25) is 0 Å². The maximum atomic E-state index is 12.7. The monoisotopic (exact) mass is 426 g/mol. The Morgan fingerprint density at radius 2 is 1.90 bits per heavy atom. The first-order valence-electron chi connectivity index (χ1n) is 10.2. The van der Waals surface area contributed by atoms with Crippen LogP contribution >= 0.6 is 11.8 Å². The molecule has 3 rings (SSSR count). The fraction of sp³-hybridized carbons (Fsp3) is 0.455. The molecule has 30 heavy (non-hydrogen) atoms. The number of hydrogen-bond acceptors (Lipinski definition) is 5. The first kappa shape index (κ1) is 22.1. The molecular formula is C22H30N6OS. The minimum Gasteiger partial charge on any atom is -0.348 e. The summed E-state index contributed by atoms with van der Waals surface area (Å²) >= 11 is 1.38. The van der Waals surface area contributed by atoms with Crippen LogP contribution in [0.4, 0.5) is 0 Å². The summed E-state index contributed by atoms with van der Waals surface area (Å²) < 4.78 is 3.77. The van der Waals surface area contributed by atoms with Gasteiger partial charge in [-0.25, -0.2) is 0 Å². The third-order valence-corrected chi connectivity index (χ3v) is 6.29. The zero-order valence-electron chi connectivity index (χ0n) is 18.5. The van der Waals surface area contributed by atoms with Crippen molar-refractivity contribution in [2.24, 2.45) is 7.05 Å². The van der Waals surface area contributed by atoms with Gasteiger partial charge in [-0.1, -0.05) is 44.7 Å². The number of aromatic nitrogens is 5. The highest BCUT2D eigenvalue weighted by atomic mass is 32.2.